The highest BCUT2D eigenvalue weighted by molar-refractivity contribution is 5.89. The lowest BCUT2D eigenvalue weighted by atomic mass is 9.91. The third kappa shape index (κ3) is 5.57. The van der Waals surface area contributed by atoms with Crippen LogP contribution < -0.4 is 5.32 Å². The van der Waals surface area contributed by atoms with Gasteiger partial charge in [-0.1, -0.05) is 65.0 Å². The molecule has 0 aliphatic carbocycles. The van der Waals surface area contributed by atoms with E-state index in [1.54, 1.807) is 4.90 Å². The first-order valence-electron chi connectivity index (χ1n) is 9.88. The van der Waals surface area contributed by atoms with Crippen molar-refractivity contribution in [3.05, 3.63) is 35.9 Å². The molecular weight excluding hydrogens is 356 g/mol. The van der Waals surface area contributed by atoms with Gasteiger partial charge in [-0.25, -0.2) is 4.79 Å². The van der Waals surface area contributed by atoms with Gasteiger partial charge in [0.05, 0.1) is 12.6 Å². The lowest BCUT2D eigenvalue weighted by molar-refractivity contribution is -0.137. The molecule has 1 unspecified atom stereocenters. The van der Waals surface area contributed by atoms with Gasteiger partial charge in [0.1, 0.15) is 12.3 Å². The van der Waals surface area contributed by atoms with Gasteiger partial charge in [0.2, 0.25) is 5.91 Å². The van der Waals surface area contributed by atoms with E-state index in [2.05, 4.69) is 5.32 Å². The first-order valence-corrected chi connectivity index (χ1v) is 9.88. The van der Waals surface area contributed by atoms with Gasteiger partial charge < -0.3 is 19.7 Å². The molecule has 1 aliphatic rings. The predicted octanol–water partition coefficient (Wildman–Crippen LogP) is 3.37. The Hall–Kier alpha value is -2.37. The van der Waals surface area contributed by atoms with Crippen LogP contribution in [0.25, 0.3) is 0 Å². The lowest BCUT2D eigenvalue weighted by Crippen LogP contribution is -2.53. The number of likely N-dealkylation sites (tertiary alicyclic amines) is 1. The molecule has 3 atom stereocenters. The second-order valence-corrected chi connectivity index (χ2v) is 8.85. The number of rotatable bonds is 7. The number of ether oxygens (including phenoxy) is 1. The van der Waals surface area contributed by atoms with E-state index < -0.39 is 18.2 Å². The van der Waals surface area contributed by atoms with E-state index in [1.807, 2.05) is 65.0 Å². The summed E-state index contributed by atoms with van der Waals surface area (Å²) in [5.74, 6) is -0.317. The molecule has 2 amide bonds. The molecule has 28 heavy (non-hydrogen) atoms. The quantitative estimate of drug-likeness (QED) is 0.727. The molecule has 1 N–H and O–H groups in total. The normalized spacial score (nSPS) is 20.5. The molecule has 1 aromatic carbocycles. The van der Waals surface area contributed by atoms with Crippen LogP contribution in [0.1, 0.15) is 52.5 Å². The Morgan fingerprint density at radius 2 is 1.89 bits per heavy atom. The molecule has 6 heteroatoms. The number of aldehydes is 1. The lowest BCUT2D eigenvalue weighted by Gasteiger charge is -2.31. The van der Waals surface area contributed by atoms with Crippen LogP contribution >= 0.6 is 0 Å². The summed E-state index contributed by atoms with van der Waals surface area (Å²) in [5, 5.41) is 2.75. The van der Waals surface area contributed by atoms with Crippen molar-refractivity contribution in [1.82, 2.24) is 10.2 Å². The van der Waals surface area contributed by atoms with Gasteiger partial charge in [0.25, 0.3) is 0 Å². The topological polar surface area (TPSA) is 75.7 Å². The van der Waals surface area contributed by atoms with E-state index in [4.69, 9.17) is 4.74 Å². The van der Waals surface area contributed by atoms with Crippen molar-refractivity contribution in [2.24, 2.45) is 11.3 Å². The van der Waals surface area contributed by atoms with Gasteiger partial charge in [0, 0.05) is 12.5 Å². The summed E-state index contributed by atoms with van der Waals surface area (Å²) < 4.78 is 5.24. The number of hydrogen-bond acceptors (Lipinski definition) is 4. The number of alkyl carbamates (subject to hydrolysis) is 1. The maximum atomic E-state index is 13.4. The number of nitrogens with one attached hydrogen (secondary N) is 1. The molecule has 1 fully saturated rings. The molecule has 1 saturated heterocycles. The molecule has 6 nitrogen and oxygen atoms in total. The van der Waals surface area contributed by atoms with E-state index in [1.165, 1.54) is 0 Å². The Kier molecular flexibility index (Phi) is 7.22. The number of hydrogen-bond donors (Lipinski definition) is 1. The number of benzene rings is 1. The minimum absolute atomic E-state index is 0.139. The summed E-state index contributed by atoms with van der Waals surface area (Å²) in [5.41, 5.74) is 0.797. The van der Waals surface area contributed by atoms with Crippen molar-refractivity contribution in [1.29, 1.82) is 0 Å². The van der Waals surface area contributed by atoms with Crippen LogP contribution in [0.3, 0.4) is 0 Å². The zero-order valence-corrected chi connectivity index (χ0v) is 17.5. The highest BCUT2D eigenvalue weighted by atomic mass is 16.5. The van der Waals surface area contributed by atoms with Gasteiger partial charge in [-0.15, -0.1) is 0 Å². The molecule has 1 aliphatic heterocycles. The Labute approximate surface area is 167 Å². The molecule has 0 aromatic heterocycles. The van der Waals surface area contributed by atoms with Crippen LogP contribution in [0.4, 0.5) is 4.79 Å². The summed E-state index contributed by atoms with van der Waals surface area (Å²) in [4.78, 5) is 38.9. The summed E-state index contributed by atoms with van der Waals surface area (Å²) in [7, 11) is 0. The molecule has 0 bridgehead atoms. The first-order chi connectivity index (χ1) is 13.1. The van der Waals surface area contributed by atoms with Gasteiger partial charge in [-0.05, 0) is 23.3 Å². The molecule has 2 rings (SSSR count). The van der Waals surface area contributed by atoms with Crippen molar-refractivity contribution < 1.29 is 19.1 Å². The van der Waals surface area contributed by atoms with Crippen LogP contribution in [0.2, 0.25) is 0 Å². The van der Waals surface area contributed by atoms with Gasteiger partial charge >= 0.3 is 6.09 Å². The van der Waals surface area contributed by atoms with Crippen molar-refractivity contribution >= 4 is 18.3 Å². The zero-order valence-electron chi connectivity index (χ0n) is 17.5. The SMILES string of the molecule is CC(C)COC(=O)NC(C(=O)N1CC(C)(C)C[C@H]1C=O)[C@H](C)c1ccccc1. The number of amides is 2. The van der Waals surface area contributed by atoms with E-state index in [0.717, 1.165) is 11.8 Å². The Balaban J connectivity index is 2.25. The maximum Gasteiger partial charge on any atom is 0.407 e. The highest BCUT2D eigenvalue weighted by Gasteiger charge is 2.43. The van der Waals surface area contributed by atoms with Crippen LogP contribution in [0.5, 0.6) is 0 Å². The summed E-state index contributed by atoms with van der Waals surface area (Å²) in [6, 6.07) is 8.28. The standard InChI is InChI=1S/C22H32N2O4/c1-15(2)13-28-21(27)23-19(16(3)17-9-7-6-8-10-17)20(26)24-14-22(4,5)11-18(24)12-25/h6-10,12,15-16,18-19H,11,13-14H2,1-5H3,(H,23,27)/t16-,18+,19?/m1/s1. The minimum atomic E-state index is -0.807. The highest BCUT2D eigenvalue weighted by Crippen LogP contribution is 2.34. The van der Waals surface area contributed by atoms with Crippen LogP contribution in [0, 0.1) is 11.3 Å². The van der Waals surface area contributed by atoms with Crippen molar-refractivity contribution in [2.45, 2.75) is 59.0 Å². The third-order valence-corrected chi connectivity index (χ3v) is 5.11. The molecule has 0 radical (unpaired) electrons. The zero-order chi connectivity index (χ0) is 20.9. The van der Waals surface area contributed by atoms with E-state index in [9.17, 15) is 14.4 Å². The smallest absolute Gasteiger partial charge is 0.407 e. The van der Waals surface area contributed by atoms with Crippen LogP contribution in [-0.2, 0) is 14.3 Å². The molecule has 0 saturated carbocycles. The van der Waals surface area contributed by atoms with Crippen molar-refractivity contribution in [3.8, 4) is 0 Å². The number of nitrogens with zero attached hydrogens (tertiary/aromatic N) is 1. The van der Waals surface area contributed by atoms with Gasteiger partial charge in [-0.3, -0.25) is 4.79 Å². The summed E-state index contributed by atoms with van der Waals surface area (Å²) >= 11 is 0. The predicted molar refractivity (Wildman–Crippen MR) is 108 cm³/mol. The molecular formula is C22H32N2O4. The largest absolute Gasteiger partial charge is 0.449 e. The summed E-state index contributed by atoms with van der Waals surface area (Å²) in [6.45, 7) is 10.6. The van der Waals surface area contributed by atoms with Crippen molar-refractivity contribution in [3.63, 3.8) is 0 Å². The molecule has 1 heterocycles. The van der Waals surface area contributed by atoms with E-state index in [-0.39, 0.29) is 29.8 Å². The average Bonchev–Trinajstić information content (AvgIpc) is 2.98. The monoisotopic (exact) mass is 388 g/mol. The Bertz CT molecular complexity index is 687. The van der Waals surface area contributed by atoms with E-state index in [0.29, 0.717) is 13.0 Å². The van der Waals surface area contributed by atoms with Crippen LogP contribution in [0.15, 0.2) is 30.3 Å². The minimum Gasteiger partial charge on any atom is -0.449 e. The molecule has 154 valence electrons. The van der Waals surface area contributed by atoms with Gasteiger partial charge in [0.15, 0.2) is 0 Å². The fraction of sp³-hybridized carbons (Fsp3) is 0.591. The average molecular weight is 389 g/mol. The summed E-state index contributed by atoms with van der Waals surface area (Å²) in [6.07, 6.45) is 0.830. The molecule has 0 spiro atoms. The molecule has 1 aromatic rings. The number of carbonyl (C=O) groups excluding carboxylic acids is 3. The fourth-order valence-electron chi connectivity index (χ4n) is 3.62. The van der Waals surface area contributed by atoms with Gasteiger partial charge in [-0.2, -0.15) is 0 Å². The Morgan fingerprint density at radius 1 is 1.25 bits per heavy atom. The van der Waals surface area contributed by atoms with Crippen molar-refractivity contribution in [2.75, 3.05) is 13.2 Å². The third-order valence-electron chi connectivity index (χ3n) is 5.11. The second-order valence-electron chi connectivity index (χ2n) is 8.85. The maximum absolute atomic E-state index is 13.4. The van der Waals surface area contributed by atoms with Crippen LogP contribution in [-0.4, -0.2) is 48.4 Å². The fourth-order valence-corrected chi connectivity index (χ4v) is 3.62. The number of carbonyl (C=O) groups is 3. The van der Waals surface area contributed by atoms with E-state index >= 15 is 0 Å². The first kappa shape index (κ1) is 21.9. The Morgan fingerprint density at radius 3 is 2.46 bits per heavy atom. The second kappa shape index (κ2) is 9.22.